The lowest BCUT2D eigenvalue weighted by molar-refractivity contribution is -0.144. The quantitative estimate of drug-likeness (QED) is 0.128. The number of aryl methyl sites for hydroxylation is 2. The first-order chi connectivity index (χ1) is 22.6. The molecule has 0 fully saturated rings. The van der Waals surface area contributed by atoms with E-state index in [1.807, 2.05) is 35.8 Å². The molecule has 0 unspecified atom stereocenters. The summed E-state index contributed by atoms with van der Waals surface area (Å²) < 4.78 is 12.3. The average molecular weight is 710 g/mol. The van der Waals surface area contributed by atoms with E-state index in [1.54, 1.807) is 23.5 Å². The number of nitrogens with one attached hydrogen (secondary N) is 1. The average Bonchev–Trinajstić information content (AvgIpc) is 3.53. The fraction of sp³-hybridized carbons (Fsp3) is 0.294. The Hall–Kier alpha value is -4.54. The summed E-state index contributed by atoms with van der Waals surface area (Å²) in [5.74, 6) is 5.48. The van der Waals surface area contributed by atoms with Crippen LogP contribution >= 0.6 is 35.3 Å². The third kappa shape index (κ3) is 7.94. The Bertz CT molecular complexity index is 1940. The number of halogens is 2. The number of nitrogens with zero attached hydrogens (tertiary/aromatic N) is 4. The van der Waals surface area contributed by atoms with Crippen molar-refractivity contribution in [2.45, 2.75) is 46.1 Å². The van der Waals surface area contributed by atoms with Gasteiger partial charge in [-0.1, -0.05) is 35.6 Å². The minimum atomic E-state index is -0.651. The van der Waals surface area contributed by atoms with Crippen molar-refractivity contribution in [3.63, 3.8) is 0 Å². The molecule has 2 aromatic heterocycles. The van der Waals surface area contributed by atoms with Crippen molar-refractivity contribution in [2.75, 3.05) is 25.6 Å². The van der Waals surface area contributed by atoms with Gasteiger partial charge in [0.15, 0.2) is 5.82 Å². The van der Waals surface area contributed by atoms with Gasteiger partial charge in [-0.05, 0) is 63.1 Å². The zero-order valence-corrected chi connectivity index (χ0v) is 29.1. The largest absolute Gasteiger partial charge is 0.466 e. The molecule has 0 saturated carbocycles. The number of nitrogens with two attached hydrogens (primary N) is 1. The summed E-state index contributed by atoms with van der Waals surface area (Å²) in [6.07, 6.45) is 0.338. The molecule has 1 amide bonds. The molecule has 3 heterocycles. The zero-order valence-electron chi connectivity index (χ0n) is 26.8. The molecular weight excluding hydrogens is 675 g/mol. The number of hydrogen-bond acceptors (Lipinski definition) is 10. The van der Waals surface area contributed by atoms with Crippen LogP contribution in [0.4, 0.5) is 5.69 Å². The molecule has 1 aliphatic rings. The number of esters is 2. The highest BCUT2D eigenvalue weighted by Crippen LogP contribution is 2.39. The Labute approximate surface area is 293 Å². The van der Waals surface area contributed by atoms with Gasteiger partial charge in [0.1, 0.15) is 16.9 Å². The van der Waals surface area contributed by atoms with E-state index in [-0.39, 0.29) is 49.9 Å². The molecule has 2 aromatic carbocycles. The Morgan fingerprint density at radius 3 is 2.56 bits per heavy atom. The molecule has 0 aliphatic carbocycles. The predicted octanol–water partition coefficient (Wildman–Crippen LogP) is 5.67. The first-order valence-corrected chi connectivity index (χ1v) is 16.0. The molecule has 4 aromatic rings. The van der Waals surface area contributed by atoms with E-state index >= 15 is 0 Å². The number of aliphatic imine (C=N–C) groups is 1. The van der Waals surface area contributed by atoms with Gasteiger partial charge in [-0.15, -0.1) is 33.9 Å². The van der Waals surface area contributed by atoms with Crippen molar-refractivity contribution in [3.05, 3.63) is 91.8 Å². The number of fused-ring (bicyclic) bond motifs is 3. The van der Waals surface area contributed by atoms with Gasteiger partial charge >= 0.3 is 11.9 Å². The number of ether oxygens (including phenoxy) is 2. The molecule has 3 N–H and O–H groups in total. The number of anilines is 1. The van der Waals surface area contributed by atoms with Crippen molar-refractivity contribution in [1.29, 1.82) is 0 Å². The highest BCUT2D eigenvalue weighted by atomic mass is 35.5. The molecule has 14 heteroatoms. The number of thiophene rings is 1. The van der Waals surface area contributed by atoms with Gasteiger partial charge in [0, 0.05) is 38.7 Å². The van der Waals surface area contributed by atoms with E-state index in [0.717, 1.165) is 32.3 Å². The highest BCUT2D eigenvalue weighted by molar-refractivity contribution is 7.15. The van der Waals surface area contributed by atoms with Crippen molar-refractivity contribution in [1.82, 2.24) is 14.8 Å². The summed E-state index contributed by atoms with van der Waals surface area (Å²) in [5.41, 5.74) is 10.3. The van der Waals surface area contributed by atoms with Gasteiger partial charge in [-0.3, -0.25) is 19.1 Å². The molecule has 5 rings (SSSR count). The molecule has 1 aliphatic heterocycles. The second-order valence-electron chi connectivity index (χ2n) is 10.7. The van der Waals surface area contributed by atoms with Gasteiger partial charge in [0.05, 0.1) is 38.0 Å². The molecule has 0 spiro atoms. The number of rotatable bonds is 9. The normalized spacial score (nSPS) is 13.0. The first-order valence-electron chi connectivity index (χ1n) is 14.8. The summed E-state index contributed by atoms with van der Waals surface area (Å²) in [7, 11) is 1.28. The fourth-order valence-corrected chi connectivity index (χ4v) is 6.49. The van der Waals surface area contributed by atoms with Crippen LogP contribution in [0.3, 0.4) is 0 Å². The SMILES string of the molecule is COC(=O)c1ccc(NC(=O)CCCOC(=O)C[C@@H]2N=C(c3ccc(Cl)cc3)c3c(sc(C)c3C)-n3c(C)nnc32)cc1C#CCN.Cl. The Morgan fingerprint density at radius 1 is 1.10 bits per heavy atom. The van der Waals surface area contributed by atoms with Gasteiger partial charge in [-0.2, -0.15) is 0 Å². The lowest BCUT2D eigenvalue weighted by Crippen LogP contribution is -2.16. The van der Waals surface area contributed by atoms with Crippen LogP contribution in [0.2, 0.25) is 5.02 Å². The Kier molecular flexibility index (Phi) is 12.1. The molecule has 0 bridgehead atoms. The van der Waals surface area contributed by atoms with Crippen molar-refractivity contribution < 1.29 is 23.9 Å². The first kappa shape index (κ1) is 36.3. The number of aromatic nitrogens is 3. The van der Waals surface area contributed by atoms with Crippen molar-refractivity contribution in [2.24, 2.45) is 10.7 Å². The Balaban J connectivity index is 0.00000520. The summed E-state index contributed by atoms with van der Waals surface area (Å²) in [6.45, 7) is 6.16. The summed E-state index contributed by atoms with van der Waals surface area (Å²) >= 11 is 7.82. The maximum atomic E-state index is 13.1. The van der Waals surface area contributed by atoms with Crippen LogP contribution in [0.15, 0.2) is 47.5 Å². The molecule has 1 atom stereocenters. The van der Waals surface area contributed by atoms with Gasteiger partial charge in [0.2, 0.25) is 5.91 Å². The number of hydrogen-bond donors (Lipinski definition) is 2. The molecule has 0 saturated heterocycles. The van der Waals surface area contributed by atoms with E-state index < -0.39 is 18.0 Å². The van der Waals surface area contributed by atoms with Gasteiger partial charge < -0.3 is 20.5 Å². The van der Waals surface area contributed by atoms with Crippen LogP contribution in [0.25, 0.3) is 5.00 Å². The van der Waals surface area contributed by atoms with Crippen LogP contribution in [0, 0.1) is 32.6 Å². The summed E-state index contributed by atoms with van der Waals surface area (Å²) in [5, 5.41) is 13.1. The Morgan fingerprint density at radius 2 is 1.85 bits per heavy atom. The summed E-state index contributed by atoms with van der Waals surface area (Å²) in [6, 6.07) is 11.5. The number of methoxy groups -OCH3 is 1. The lowest BCUT2D eigenvalue weighted by atomic mass is 9.99. The predicted molar refractivity (Wildman–Crippen MR) is 188 cm³/mol. The number of carbonyl (C=O) groups excluding carboxylic acids is 3. The minimum absolute atomic E-state index is 0. The highest BCUT2D eigenvalue weighted by Gasteiger charge is 2.32. The minimum Gasteiger partial charge on any atom is -0.466 e. The monoisotopic (exact) mass is 708 g/mol. The van der Waals surface area contributed by atoms with E-state index in [4.69, 9.17) is 31.8 Å². The maximum absolute atomic E-state index is 13.1. The van der Waals surface area contributed by atoms with Gasteiger partial charge in [-0.25, -0.2) is 4.79 Å². The van der Waals surface area contributed by atoms with E-state index in [1.165, 1.54) is 13.2 Å². The molecule has 48 heavy (non-hydrogen) atoms. The number of amides is 1. The third-order valence-corrected chi connectivity index (χ3v) is 9.01. The van der Waals surface area contributed by atoms with Crippen LogP contribution in [-0.2, 0) is 19.1 Å². The maximum Gasteiger partial charge on any atom is 0.339 e. The van der Waals surface area contributed by atoms with Crippen molar-refractivity contribution in [3.8, 4) is 16.8 Å². The molecule has 0 radical (unpaired) electrons. The van der Waals surface area contributed by atoms with Crippen LogP contribution < -0.4 is 11.1 Å². The summed E-state index contributed by atoms with van der Waals surface area (Å²) in [4.78, 5) is 44.0. The fourth-order valence-electron chi connectivity index (χ4n) is 5.15. The second-order valence-corrected chi connectivity index (χ2v) is 12.4. The van der Waals surface area contributed by atoms with E-state index in [9.17, 15) is 14.4 Å². The molecule has 250 valence electrons. The molecule has 11 nitrogen and oxygen atoms in total. The zero-order chi connectivity index (χ0) is 33.7. The second kappa shape index (κ2) is 16.0. The number of carbonyl (C=O) groups is 3. The standard InChI is InChI=1S/C34H33ClN6O5S.ClH/c1-19-20(2)47-33-30(19)31(22-9-11-24(35)12-10-22)38-27(32-40-39-21(3)41(32)33)18-29(43)46-16-6-8-28(42)37-25-13-14-26(34(44)45-4)23(17-25)7-5-15-36;/h9-14,17,27H,6,8,15-16,18,36H2,1-4H3,(H,37,42);1H/t27-;/m0./s1. The number of benzene rings is 2. The van der Waals surface area contributed by atoms with E-state index in [0.29, 0.717) is 34.3 Å². The van der Waals surface area contributed by atoms with Crippen LogP contribution in [0.1, 0.15) is 74.4 Å². The van der Waals surface area contributed by atoms with Crippen molar-refractivity contribution >= 4 is 64.6 Å². The van der Waals surface area contributed by atoms with Crippen LogP contribution in [0.5, 0.6) is 0 Å². The van der Waals surface area contributed by atoms with Crippen LogP contribution in [-0.4, -0.2) is 58.6 Å². The van der Waals surface area contributed by atoms with Gasteiger partial charge in [0.25, 0.3) is 0 Å². The lowest BCUT2D eigenvalue weighted by Gasteiger charge is -2.13. The third-order valence-electron chi connectivity index (χ3n) is 7.56. The smallest absolute Gasteiger partial charge is 0.339 e. The van der Waals surface area contributed by atoms with E-state index in [2.05, 4.69) is 41.2 Å². The molecular formula is C34H34Cl2N6O5S. The topological polar surface area (TPSA) is 151 Å².